The highest BCUT2D eigenvalue weighted by molar-refractivity contribution is 5.85. The zero-order chi connectivity index (χ0) is 9.80. The lowest BCUT2D eigenvalue weighted by Crippen LogP contribution is -2.16. The van der Waals surface area contributed by atoms with Gasteiger partial charge in [0.2, 0.25) is 0 Å². The van der Waals surface area contributed by atoms with E-state index < -0.39 is 0 Å². The average Bonchev–Trinajstić information content (AvgIpc) is 2.69. The average molecular weight is 228 g/mol. The summed E-state index contributed by atoms with van der Waals surface area (Å²) in [5.41, 5.74) is 2.62. The van der Waals surface area contributed by atoms with Gasteiger partial charge in [0.1, 0.15) is 0 Å². The molecule has 0 spiro atoms. The summed E-state index contributed by atoms with van der Waals surface area (Å²) in [7, 11) is 0. The first-order chi connectivity index (χ1) is 6.86. The molecule has 0 bridgehead atoms. The number of ether oxygens (including phenoxy) is 1. The third-order valence-corrected chi connectivity index (χ3v) is 2.75. The molecule has 1 aliphatic rings. The molecule has 0 aromatic heterocycles. The Morgan fingerprint density at radius 2 is 2.20 bits per heavy atom. The second kappa shape index (κ2) is 6.11. The smallest absolute Gasteiger partial charge is 0.0723 e. The molecule has 1 atom stereocenters. The number of benzene rings is 1. The van der Waals surface area contributed by atoms with Crippen LogP contribution in [0.15, 0.2) is 24.3 Å². The minimum Gasteiger partial charge on any atom is -0.372 e. The Kier molecular flexibility index (Phi) is 5.09. The molecule has 1 saturated heterocycles. The molecule has 2 nitrogen and oxygen atoms in total. The predicted molar refractivity (Wildman–Crippen MR) is 64.5 cm³/mol. The lowest BCUT2D eigenvalue weighted by atomic mass is 10.1. The van der Waals surface area contributed by atoms with Crippen LogP contribution in [0, 0.1) is 6.92 Å². The molecule has 1 heterocycles. The largest absolute Gasteiger partial charge is 0.372 e. The quantitative estimate of drug-likeness (QED) is 0.856. The van der Waals surface area contributed by atoms with Crippen molar-refractivity contribution in [2.45, 2.75) is 26.1 Å². The Labute approximate surface area is 97.4 Å². The first-order valence-electron chi connectivity index (χ1n) is 5.23. The summed E-state index contributed by atoms with van der Waals surface area (Å²) in [6.07, 6.45) is 1.56. The van der Waals surface area contributed by atoms with Gasteiger partial charge in [-0.25, -0.2) is 0 Å². The highest BCUT2D eigenvalue weighted by Crippen LogP contribution is 2.11. The van der Waals surface area contributed by atoms with Gasteiger partial charge in [-0.2, -0.15) is 0 Å². The molecule has 0 aliphatic carbocycles. The fourth-order valence-electron chi connectivity index (χ4n) is 1.75. The maximum atomic E-state index is 5.81. The summed E-state index contributed by atoms with van der Waals surface area (Å²) in [5, 5.41) is 3.30. The maximum Gasteiger partial charge on any atom is 0.0723 e. The molecule has 1 aromatic rings. The lowest BCUT2D eigenvalue weighted by molar-refractivity contribution is 0.0539. The molecule has 3 heteroatoms. The van der Waals surface area contributed by atoms with Gasteiger partial charge < -0.3 is 10.1 Å². The minimum atomic E-state index is 0. The zero-order valence-corrected chi connectivity index (χ0v) is 9.85. The number of halogens is 1. The fraction of sp³-hybridized carbons (Fsp3) is 0.500. The van der Waals surface area contributed by atoms with E-state index in [1.54, 1.807) is 0 Å². The second-order valence-electron chi connectivity index (χ2n) is 3.85. The van der Waals surface area contributed by atoms with Crippen molar-refractivity contribution < 1.29 is 4.74 Å². The summed E-state index contributed by atoms with van der Waals surface area (Å²) >= 11 is 0. The van der Waals surface area contributed by atoms with Crippen molar-refractivity contribution in [1.29, 1.82) is 0 Å². The normalized spacial score (nSPS) is 19.9. The van der Waals surface area contributed by atoms with Crippen molar-refractivity contribution in [2.75, 3.05) is 13.1 Å². The van der Waals surface area contributed by atoms with Gasteiger partial charge in [-0.1, -0.05) is 24.3 Å². The van der Waals surface area contributed by atoms with Crippen LogP contribution in [-0.4, -0.2) is 19.2 Å². The maximum absolute atomic E-state index is 5.81. The highest BCUT2D eigenvalue weighted by Gasteiger charge is 2.14. The minimum absolute atomic E-state index is 0. The highest BCUT2D eigenvalue weighted by atomic mass is 35.5. The van der Waals surface area contributed by atoms with Crippen molar-refractivity contribution in [2.24, 2.45) is 0 Å². The Balaban J connectivity index is 0.00000112. The van der Waals surface area contributed by atoms with Crippen LogP contribution in [0.3, 0.4) is 0 Å². The van der Waals surface area contributed by atoms with Gasteiger partial charge in [-0.3, -0.25) is 0 Å². The first kappa shape index (κ1) is 12.5. The molecule has 1 aliphatic heterocycles. The Bertz CT molecular complexity index is 297. The molecule has 0 saturated carbocycles. The van der Waals surface area contributed by atoms with Crippen LogP contribution < -0.4 is 5.32 Å². The summed E-state index contributed by atoms with van der Waals surface area (Å²) < 4.78 is 5.81. The van der Waals surface area contributed by atoms with Crippen molar-refractivity contribution in [3.8, 4) is 0 Å². The Morgan fingerprint density at radius 3 is 2.87 bits per heavy atom. The van der Waals surface area contributed by atoms with E-state index in [1.165, 1.54) is 11.1 Å². The van der Waals surface area contributed by atoms with Gasteiger partial charge in [-0.05, 0) is 31.0 Å². The van der Waals surface area contributed by atoms with E-state index in [2.05, 4.69) is 36.5 Å². The SMILES string of the molecule is Cc1ccccc1CO[C@@H]1CCNC1.Cl. The predicted octanol–water partition coefficient (Wildman–Crippen LogP) is 2.30. The van der Waals surface area contributed by atoms with Crippen molar-refractivity contribution in [3.63, 3.8) is 0 Å². The van der Waals surface area contributed by atoms with E-state index >= 15 is 0 Å². The molecule has 0 amide bonds. The molecular formula is C12H18ClNO. The van der Waals surface area contributed by atoms with Gasteiger partial charge in [0.25, 0.3) is 0 Å². The molecule has 1 aromatic carbocycles. The molecular weight excluding hydrogens is 210 g/mol. The van der Waals surface area contributed by atoms with Crippen LogP contribution in [-0.2, 0) is 11.3 Å². The van der Waals surface area contributed by atoms with Gasteiger partial charge in [-0.15, -0.1) is 12.4 Å². The van der Waals surface area contributed by atoms with E-state index in [4.69, 9.17) is 4.74 Å². The van der Waals surface area contributed by atoms with Crippen molar-refractivity contribution in [3.05, 3.63) is 35.4 Å². The van der Waals surface area contributed by atoms with Crippen LogP contribution in [0.25, 0.3) is 0 Å². The molecule has 84 valence electrons. The summed E-state index contributed by atoms with van der Waals surface area (Å²) in [5.74, 6) is 0. The third-order valence-electron chi connectivity index (χ3n) is 2.75. The fourth-order valence-corrected chi connectivity index (χ4v) is 1.75. The molecule has 2 rings (SSSR count). The van der Waals surface area contributed by atoms with E-state index in [9.17, 15) is 0 Å². The summed E-state index contributed by atoms with van der Waals surface area (Å²) in [4.78, 5) is 0. The second-order valence-corrected chi connectivity index (χ2v) is 3.85. The number of nitrogens with one attached hydrogen (secondary N) is 1. The monoisotopic (exact) mass is 227 g/mol. The standard InChI is InChI=1S/C12H17NO.ClH/c1-10-4-2-3-5-11(10)9-14-12-6-7-13-8-12;/h2-5,12-13H,6-9H2,1H3;1H/t12-;/m1./s1. The van der Waals surface area contributed by atoms with Gasteiger partial charge in [0, 0.05) is 6.54 Å². The van der Waals surface area contributed by atoms with E-state index in [1.807, 2.05) is 0 Å². The zero-order valence-electron chi connectivity index (χ0n) is 9.03. The number of aryl methyl sites for hydroxylation is 1. The number of rotatable bonds is 3. The molecule has 0 radical (unpaired) electrons. The van der Waals surface area contributed by atoms with Gasteiger partial charge >= 0.3 is 0 Å². The van der Waals surface area contributed by atoms with Crippen LogP contribution in [0.4, 0.5) is 0 Å². The molecule has 1 fully saturated rings. The van der Waals surface area contributed by atoms with E-state index in [0.29, 0.717) is 6.10 Å². The van der Waals surface area contributed by atoms with Crippen molar-refractivity contribution >= 4 is 12.4 Å². The topological polar surface area (TPSA) is 21.3 Å². The number of hydrogen-bond acceptors (Lipinski definition) is 2. The van der Waals surface area contributed by atoms with Crippen molar-refractivity contribution in [1.82, 2.24) is 5.32 Å². The summed E-state index contributed by atoms with van der Waals surface area (Å²) in [6.45, 7) is 4.98. The van der Waals surface area contributed by atoms with Gasteiger partial charge in [0.05, 0.1) is 12.7 Å². The van der Waals surface area contributed by atoms with Crippen LogP contribution in [0.5, 0.6) is 0 Å². The van der Waals surface area contributed by atoms with Crippen LogP contribution >= 0.6 is 12.4 Å². The first-order valence-corrected chi connectivity index (χ1v) is 5.23. The Hall–Kier alpha value is -0.570. The molecule has 0 unspecified atom stereocenters. The van der Waals surface area contributed by atoms with Gasteiger partial charge in [0.15, 0.2) is 0 Å². The number of hydrogen-bond donors (Lipinski definition) is 1. The van der Waals surface area contributed by atoms with E-state index in [-0.39, 0.29) is 12.4 Å². The van der Waals surface area contributed by atoms with Crippen LogP contribution in [0.2, 0.25) is 0 Å². The molecule has 15 heavy (non-hydrogen) atoms. The van der Waals surface area contributed by atoms with E-state index in [0.717, 1.165) is 26.1 Å². The third kappa shape index (κ3) is 3.49. The van der Waals surface area contributed by atoms with Crippen LogP contribution in [0.1, 0.15) is 17.5 Å². The summed E-state index contributed by atoms with van der Waals surface area (Å²) in [6, 6.07) is 8.40. The molecule has 1 N–H and O–H groups in total. The Morgan fingerprint density at radius 1 is 1.40 bits per heavy atom. The lowest BCUT2D eigenvalue weighted by Gasteiger charge is -2.11.